The SMILES string of the molecule is CCOC(=O)C1=CC2(CCC1S(=O)(=O)Cc1c(F)cc(F)cc1Cl)OCCO2. The van der Waals surface area contributed by atoms with Gasteiger partial charge in [-0.2, -0.15) is 0 Å². The lowest BCUT2D eigenvalue weighted by Gasteiger charge is -2.33. The predicted molar refractivity (Wildman–Crippen MR) is 96.4 cm³/mol. The molecule has 6 nitrogen and oxygen atoms in total. The molecule has 1 aliphatic carbocycles. The number of sulfone groups is 1. The molecule has 10 heteroatoms. The Morgan fingerprint density at radius 3 is 2.61 bits per heavy atom. The minimum Gasteiger partial charge on any atom is -0.463 e. The van der Waals surface area contributed by atoms with E-state index in [4.69, 9.17) is 25.8 Å². The summed E-state index contributed by atoms with van der Waals surface area (Å²) in [4.78, 5) is 12.4. The molecule has 0 amide bonds. The van der Waals surface area contributed by atoms with E-state index in [9.17, 15) is 22.0 Å². The molecule has 0 saturated carbocycles. The van der Waals surface area contributed by atoms with Crippen LogP contribution < -0.4 is 0 Å². The van der Waals surface area contributed by atoms with E-state index < -0.39 is 44.2 Å². The van der Waals surface area contributed by atoms with Crippen molar-refractivity contribution in [3.8, 4) is 0 Å². The molecule has 0 radical (unpaired) electrons. The van der Waals surface area contributed by atoms with Crippen LogP contribution in [0.3, 0.4) is 0 Å². The predicted octanol–water partition coefficient (Wildman–Crippen LogP) is 2.93. The molecule has 0 aromatic heterocycles. The van der Waals surface area contributed by atoms with Gasteiger partial charge >= 0.3 is 5.97 Å². The van der Waals surface area contributed by atoms with Crippen LogP contribution in [0.1, 0.15) is 25.3 Å². The molecule has 154 valence electrons. The summed E-state index contributed by atoms with van der Waals surface area (Å²) in [5.74, 6) is -4.73. The first-order valence-electron chi connectivity index (χ1n) is 8.70. The largest absolute Gasteiger partial charge is 0.463 e. The van der Waals surface area contributed by atoms with Crippen LogP contribution in [0.25, 0.3) is 0 Å². The Hall–Kier alpha value is -1.55. The summed E-state index contributed by atoms with van der Waals surface area (Å²) in [5, 5.41) is -1.58. The van der Waals surface area contributed by atoms with Crippen molar-refractivity contribution in [2.24, 2.45) is 0 Å². The number of benzene rings is 1. The van der Waals surface area contributed by atoms with Crippen LogP contribution in [0.2, 0.25) is 5.02 Å². The second kappa shape index (κ2) is 8.06. The van der Waals surface area contributed by atoms with Crippen LogP contribution in [0, 0.1) is 11.6 Å². The summed E-state index contributed by atoms with van der Waals surface area (Å²) in [6.45, 7) is 2.29. The van der Waals surface area contributed by atoms with Crippen molar-refractivity contribution in [1.29, 1.82) is 0 Å². The lowest BCUT2D eigenvalue weighted by atomic mass is 9.94. The number of carbonyl (C=O) groups is 1. The van der Waals surface area contributed by atoms with E-state index >= 15 is 0 Å². The molecular formula is C18H19ClF2O6S. The van der Waals surface area contributed by atoms with Crippen LogP contribution in [0.15, 0.2) is 23.8 Å². The molecule has 1 heterocycles. The van der Waals surface area contributed by atoms with Gasteiger partial charge in [0.05, 0.1) is 41.4 Å². The van der Waals surface area contributed by atoms with Gasteiger partial charge in [0.2, 0.25) is 0 Å². The Labute approximate surface area is 166 Å². The molecular weight excluding hydrogens is 418 g/mol. The topological polar surface area (TPSA) is 78.9 Å². The third kappa shape index (κ3) is 4.22. The van der Waals surface area contributed by atoms with Crippen molar-refractivity contribution in [1.82, 2.24) is 0 Å². The van der Waals surface area contributed by atoms with Crippen molar-refractivity contribution in [3.05, 3.63) is 46.0 Å². The zero-order valence-corrected chi connectivity index (χ0v) is 16.6. The maximum absolute atomic E-state index is 14.1. The highest BCUT2D eigenvalue weighted by Crippen LogP contribution is 2.38. The number of hydrogen-bond acceptors (Lipinski definition) is 6. The molecule has 1 aliphatic heterocycles. The second-order valence-electron chi connectivity index (χ2n) is 6.51. The first-order chi connectivity index (χ1) is 13.2. The highest BCUT2D eigenvalue weighted by molar-refractivity contribution is 7.91. The average molecular weight is 437 g/mol. The zero-order valence-electron chi connectivity index (χ0n) is 15.0. The fraction of sp³-hybridized carbons (Fsp3) is 0.500. The standard InChI is InChI=1S/C18H19ClF2O6S/c1-2-25-17(22)12-9-18(26-5-6-27-18)4-3-16(12)28(23,24)10-13-14(19)7-11(20)8-15(13)21/h7-9,16H,2-6,10H2,1H3. The highest BCUT2D eigenvalue weighted by Gasteiger charge is 2.46. The van der Waals surface area contributed by atoms with Crippen LogP contribution in [0.5, 0.6) is 0 Å². The van der Waals surface area contributed by atoms with Gasteiger partial charge in [0.15, 0.2) is 15.6 Å². The summed E-state index contributed by atoms with van der Waals surface area (Å²) in [6, 6.07) is 1.41. The molecule has 0 bridgehead atoms. The number of rotatable bonds is 5. The summed E-state index contributed by atoms with van der Waals surface area (Å²) in [6.07, 6.45) is 1.57. The van der Waals surface area contributed by atoms with Gasteiger partial charge in [0, 0.05) is 18.1 Å². The van der Waals surface area contributed by atoms with Crippen molar-refractivity contribution >= 4 is 27.4 Å². The van der Waals surface area contributed by atoms with Gasteiger partial charge < -0.3 is 14.2 Å². The van der Waals surface area contributed by atoms with Gasteiger partial charge in [0.1, 0.15) is 11.6 Å². The molecule has 1 spiro atoms. The van der Waals surface area contributed by atoms with Crippen molar-refractivity contribution < 1.29 is 36.2 Å². The van der Waals surface area contributed by atoms with Gasteiger partial charge in [0.25, 0.3) is 0 Å². The molecule has 1 unspecified atom stereocenters. The van der Waals surface area contributed by atoms with Crippen LogP contribution in [-0.4, -0.2) is 45.2 Å². The fourth-order valence-electron chi connectivity index (χ4n) is 3.38. The maximum Gasteiger partial charge on any atom is 0.335 e. The summed E-state index contributed by atoms with van der Waals surface area (Å²) >= 11 is 5.84. The fourth-order valence-corrected chi connectivity index (χ4v) is 5.64. The third-order valence-electron chi connectivity index (χ3n) is 4.65. The monoisotopic (exact) mass is 436 g/mol. The first kappa shape index (κ1) is 21.2. The van der Waals surface area contributed by atoms with Crippen molar-refractivity contribution in [2.45, 2.75) is 36.6 Å². The summed E-state index contributed by atoms with van der Waals surface area (Å²) in [7, 11) is -4.08. The lowest BCUT2D eigenvalue weighted by Crippen LogP contribution is -2.41. The first-order valence-corrected chi connectivity index (χ1v) is 10.8. The molecule has 1 fully saturated rings. The summed E-state index contributed by atoms with van der Waals surface area (Å²) < 4.78 is 69.5. The number of esters is 1. The normalized spacial score (nSPS) is 21.6. The van der Waals surface area contributed by atoms with Gasteiger partial charge in [-0.25, -0.2) is 22.0 Å². The average Bonchev–Trinajstić information content (AvgIpc) is 3.06. The van der Waals surface area contributed by atoms with Crippen molar-refractivity contribution in [2.75, 3.05) is 19.8 Å². The Morgan fingerprint density at radius 2 is 2.00 bits per heavy atom. The van der Waals surface area contributed by atoms with E-state index in [1.54, 1.807) is 6.92 Å². The quantitative estimate of drug-likeness (QED) is 0.660. The second-order valence-corrected chi connectivity index (χ2v) is 9.10. The molecule has 0 N–H and O–H groups in total. The van der Waals surface area contributed by atoms with E-state index in [-0.39, 0.29) is 35.6 Å². The minimum absolute atomic E-state index is 0.0212. The van der Waals surface area contributed by atoms with E-state index in [1.807, 2.05) is 0 Å². The van der Waals surface area contributed by atoms with Crippen LogP contribution in [0.4, 0.5) is 8.78 Å². The lowest BCUT2D eigenvalue weighted by molar-refractivity contribution is -0.143. The van der Waals surface area contributed by atoms with E-state index in [0.29, 0.717) is 19.3 Å². The van der Waals surface area contributed by atoms with Gasteiger partial charge in [-0.1, -0.05) is 11.6 Å². The molecule has 3 rings (SSSR count). The molecule has 28 heavy (non-hydrogen) atoms. The number of ether oxygens (including phenoxy) is 3. The zero-order chi connectivity index (χ0) is 20.5. The van der Waals surface area contributed by atoms with Gasteiger partial charge in [-0.15, -0.1) is 0 Å². The third-order valence-corrected chi connectivity index (χ3v) is 7.03. The molecule has 1 saturated heterocycles. The number of carbonyl (C=O) groups excluding carboxylic acids is 1. The van der Waals surface area contributed by atoms with E-state index in [1.165, 1.54) is 6.08 Å². The van der Waals surface area contributed by atoms with E-state index in [2.05, 4.69) is 0 Å². The molecule has 1 atom stereocenters. The van der Waals surface area contributed by atoms with Gasteiger partial charge in [-0.05, 0) is 25.5 Å². The smallest absolute Gasteiger partial charge is 0.335 e. The highest BCUT2D eigenvalue weighted by atomic mass is 35.5. The number of hydrogen-bond donors (Lipinski definition) is 0. The Morgan fingerprint density at radius 1 is 1.32 bits per heavy atom. The maximum atomic E-state index is 14.1. The van der Waals surface area contributed by atoms with E-state index in [0.717, 1.165) is 6.07 Å². The minimum atomic E-state index is -4.08. The Kier molecular flexibility index (Phi) is 6.09. The number of halogens is 3. The molecule has 1 aromatic carbocycles. The van der Waals surface area contributed by atoms with Crippen LogP contribution in [-0.2, 0) is 34.6 Å². The Bertz CT molecular complexity index is 886. The summed E-state index contributed by atoms with van der Waals surface area (Å²) in [5.41, 5.74) is -0.464. The van der Waals surface area contributed by atoms with Crippen molar-refractivity contribution in [3.63, 3.8) is 0 Å². The molecule has 2 aliphatic rings. The Balaban J connectivity index is 1.96. The molecule has 1 aromatic rings. The van der Waals surface area contributed by atoms with Crippen LogP contribution >= 0.6 is 11.6 Å². The van der Waals surface area contributed by atoms with Gasteiger partial charge in [-0.3, -0.25) is 0 Å².